The van der Waals surface area contributed by atoms with Gasteiger partial charge < -0.3 is 14.8 Å². The maximum atomic E-state index is 12.7. The van der Waals surface area contributed by atoms with Crippen molar-refractivity contribution in [1.82, 2.24) is 19.8 Å². The Labute approximate surface area is 181 Å². The molecule has 1 aromatic heterocycles. The highest BCUT2D eigenvalue weighted by molar-refractivity contribution is 5.80. The Kier molecular flexibility index (Phi) is 5.34. The summed E-state index contributed by atoms with van der Waals surface area (Å²) in [6.45, 7) is 2.25. The van der Waals surface area contributed by atoms with Crippen molar-refractivity contribution in [1.29, 1.82) is 0 Å². The van der Waals surface area contributed by atoms with E-state index in [4.69, 9.17) is 4.98 Å². The van der Waals surface area contributed by atoms with Gasteiger partial charge in [0.05, 0.1) is 18.7 Å². The van der Waals surface area contributed by atoms with Gasteiger partial charge in [-0.1, -0.05) is 36.8 Å². The molecule has 162 valence electrons. The molecule has 0 bridgehead atoms. The van der Waals surface area contributed by atoms with E-state index in [0.29, 0.717) is 50.4 Å². The number of hydrogen-bond acceptors (Lipinski definition) is 4. The van der Waals surface area contributed by atoms with Gasteiger partial charge in [-0.3, -0.25) is 14.4 Å². The number of nitrogens with one attached hydrogen (secondary N) is 1. The Morgan fingerprint density at radius 3 is 2.61 bits per heavy atom. The summed E-state index contributed by atoms with van der Waals surface area (Å²) >= 11 is 0. The van der Waals surface area contributed by atoms with E-state index in [2.05, 4.69) is 4.98 Å². The Morgan fingerprint density at radius 1 is 1.06 bits per heavy atom. The third kappa shape index (κ3) is 4.01. The standard InChI is InChI=1S/C24H28N4O3/c29-21(13-16-5-2-1-3-6-16)27-11-9-18(14-27)22-25-20-15-28(24(31)17-7-4-8-17)12-10-19(20)23(30)26-22/h1-3,5-6,17-18H,4,7-15H2,(H,25,26,30)/t18-/m1/s1. The van der Waals surface area contributed by atoms with Crippen LogP contribution in [0.4, 0.5) is 0 Å². The van der Waals surface area contributed by atoms with Crippen molar-refractivity contribution >= 4 is 11.8 Å². The van der Waals surface area contributed by atoms with Crippen LogP contribution in [0.25, 0.3) is 0 Å². The lowest BCUT2D eigenvalue weighted by Gasteiger charge is -2.34. The minimum absolute atomic E-state index is 0.0235. The fourth-order valence-corrected chi connectivity index (χ4v) is 4.85. The van der Waals surface area contributed by atoms with Crippen LogP contribution in [-0.2, 0) is 29.0 Å². The largest absolute Gasteiger partial charge is 0.342 e. The predicted molar refractivity (Wildman–Crippen MR) is 115 cm³/mol. The Bertz CT molecular complexity index is 1040. The normalized spacial score (nSPS) is 21.0. The van der Waals surface area contributed by atoms with Gasteiger partial charge in [-0.15, -0.1) is 0 Å². The van der Waals surface area contributed by atoms with Crippen LogP contribution in [0.15, 0.2) is 35.1 Å². The molecular weight excluding hydrogens is 392 g/mol. The first-order valence-corrected chi connectivity index (χ1v) is 11.3. The van der Waals surface area contributed by atoms with Gasteiger partial charge in [0.25, 0.3) is 5.56 Å². The SMILES string of the molecule is O=C(Cc1ccccc1)N1CC[C@@H](c2nc3c(c(=O)[nH]2)CCN(C(=O)C2CCC2)C3)C1. The van der Waals surface area contributed by atoms with E-state index in [0.717, 1.165) is 36.9 Å². The number of rotatable bonds is 4. The molecule has 1 N–H and O–H groups in total. The molecular formula is C24H28N4O3. The van der Waals surface area contributed by atoms with Crippen molar-refractivity contribution < 1.29 is 9.59 Å². The molecule has 31 heavy (non-hydrogen) atoms. The summed E-state index contributed by atoms with van der Waals surface area (Å²) in [5.41, 5.74) is 2.35. The Hall–Kier alpha value is -2.96. The van der Waals surface area contributed by atoms with Crippen LogP contribution < -0.4 is 5.56 Å². The average Bonchev–Trinajstić information content (AvgIpc) is 3.23. The molecule has 2 amide bonds. The lowest BCUT2D eigenvalue weighted by Crippen LogP contribution is -2.43. The summed E-state index contributed by atoms with van der Waals surface area (Å²) in [6.07, 6.45) is 4.82. The summed E-state index contributed by atoms with van der Waals surface area (Å²) in [5, 5.41) is 0. The summed E-state index contributed by atoms with van der Waals surface area (Å²) in [5.74, 6) is 1.14. The first kappa shape index (κ1) is 20.0. The molecule has 0 radical (unpaired) electrons. The summed E-state index contributed by atoms with van der Waals surface area (Å²) in [6, 6.07) is 9.75. The highest BCUT2D eigenvalue weighted by Crippen LogP contribution is 2.30. The first-order valence-electron chi connectivity index (χ1n) is 11.3. The number of H-pyrrole nitrogens is 1. The van der Waals surface area contributed by atoms with Crippen molar-refractivity contribution in [2.24, 2.45) is 5.92 Å². The fraction of sp³-hybridized carbons (Fsp3) is 0.500. The van der Waals surface area contributed by atoms with E-state index in [1.807, 2.05) is 40.1 Å². The van der Waals surface area contributed by atoms with E-state index < -0.39 is 0 Å². The van der Waals surface area contributed by atoms with Gasteiger partial charge >= 0.3 is 0 Å². The van der Waals surface area contributed by atoms with Gasteiger partial charge in [-0.05, 0) is 31.2 Å². The molecule has 1 aromatic carbocycles. The quantitative estimate of drug-likeness (QED) is 0.820. The van der Waals surface area contributed by atoms with Gasteiger partial charge in [0.1, 0.15) is 5.82 Å². The zero-order valence-electron chi connectivity index (χ0n) is 17.7. The number of amides is 2. The number of benzene rings is 1. The molecule has 2 aliphatic heterocycles. The molecule has 3 aliphatic rings. The van der Waals surface area contributed by atoms with Gasteiger partial charge in [-0.2, -0.15) is 0 Å². The van der Waals surface area contributed by atoms with E-state index >= 15 is 0 Å². The minimum atomic E-state index is -0.0928. The molecule has 1 atom stereocenters. The smallest absolute Gasteiger partial charge is 0.254 e. The van der Waals surface area contributed by atoms with E-state index in [1.54, 1.807) is 0 Å². The topological polar surface area (TPSA) is 86.4 Å². The van der Waals surface area contributed by atoms with Crippen LogP contribution in [0, 0.1) is 5.92 Å². The molecule has 3 heterocycles. The highest BCUT2D eigenvalue weighted by atomic mass is 16.2. The van der Waals surface area contributed by atoms with E-state index in [1.165, 1.54) is 0 Å². The second-order valence-corrected chi connectivity index (χ2v) is 9.00. The molecule has 2 fully saturated rings. The zero-order valence-corrected chi connectivity index (χ0v) is 17.7. The van der Waals surface area contributed by atoms with Crippen LogP contribution in [0.1, 0.15) is 54.2 Å². The van der Waals surface area contributed by atoms with Crippen LogP contribution in [0.3, 0.4) is 0 Å². The number of aromatic amines is 1. The number of aromatic nitrogens is 2. The molecule has 5 rings (SSSR count). The van der Waals surface area contributed by atoms with Gasteiger partial charge in [0, 0.05) is 37.0 Å². The van der Waals surface area contributed by atoms with E-state index in [-0.39, 0.29) is 29.2 Å². The minimum Gasteiger partial charge on any atom is -0.342 e. The summed E-state index contributed by atoms with van der Waals surface area (Å²) in [4.78, 5) is 49.5. The highest BCUT2D eigenvalue weighted by Gasteiger charge is 2.34. The number of carbonyl (C=O) groups is 2. The van der Waals surface area contributed by atoms with Crippen molar-refractivity contribution in [3.63, 3.8) is 0 Å². The molecule has 2 aromatic rings. The van der Waals surface area contributed by atoms with Crippen LogP contribution in [0.5, 0.6) is 0 Å². The Morgan fingerprint density at radius 2 is 1.87 bits per heavy atom. The van der Waals surface area contributed by atoms with Crippen LogP contribution in [0.2, 0.25) is 0 Å². The third-order valence-electron chi connectivity index (χ3n) is 6.98. The van der Waals surface area contributed by atoms with Gasteiger partial charge in [0.15, 0.2) is 0 Å². The molecule has 7 heteroatoms. The predicted octanol–water partition coefficient (Wildman–Crippen LogP) is 2.01. The lowest BCUT2D eigenvalue weighted by molar-refractivity contribution is -0.139. The van der Waals surface area contributed by atoms with Gasteiger partial charge in [0.2, 0.25) is 11.8 Å². The summed E-state index contributed by atoms with van der Waals surface area (Å²) < 4.78 is 0. The second kappa shape index (κ2) is 8.29. The fourth-order valence-electron chi connectivity index (χ4n) is 4.85. The summed E-state index contributed by atoms with van der Waals surface area (Å²) in [7, 11) is 0. The average molecular weight is 421 g/mol. The van der Waals surface area contributed by atoms with Crippen molar-refractivity contribution in [2.75, 3.05) is 19.6 Å². The van der Waals surface area contributed by atoms with Crippen molar-refractivity contribution in [2.45, 2.75) is 51.0 Å². The molecule has 0 unspecified atom stereocenters. The van der Waals surface area contributed by atoms with Crippen LogP contribution in [-0.4, -0.2) is 51.2 Å². The van der Waals surface area contributed by atoms with Crippen molar-refractivity contribution in [3.8, 4) is 0 Å². The third-order valence-corrected chi connectivity index (χ3v) is 6.98. The molecule has 1 aliphatic carbocycles. The maximum absolute atomic E-state index is 12.7. The number of hydrogen-bond donors (Lipinski definition) is 1. The second-order valence-electron chi connectivity index (χ2n) is 9.00. The molecule has 0 spiro atoms. The molecule has 1 saturated heterocycles. The molecule has 1 saturated carbocycles. The molecule has 7 nitrogen and oxygen atoms in total. The number of nitrogens with zero attached hydrogens (tertiary/aromatic N) is 3. The monoisotopic (exact) mass is 420 g/mol. The Balaban J connectivity index is 1.28. The maximum Gasteiger partial charge on any atom is 0.254 e. The zero-order chi connectivity index (χ0) is 21.4. The van der Waals surface area contributed by atoms with Crippen LogP contribution >= 0.6 is 0 Å². The first-order chi connectivity index (χ1) is 15.1. The number of carbonyl (C=O) groups excluding carboxylic acids is 2. The lowest BCUT2D eigenvalue weighted by atomic mass is 9.84. The number of fused-ring (bicyclic) bond motifs is 1. The van der Waals surface area contributed by atoms with E-state index in [9.17, 15) is 14.4 Å². The van der Waals surface area contributed by atoms with Crippen molar-refractivity contribution in [3.05, 3.63) is 63.3 Å². The van der Waals surface area contributed by atoms with Gasteiger partial charge in [-0.25, -0.2) is 4.98 Å². The number of likely N-dealkylation sites (tertiary alicyclic amines) is 1.